The Morgan fingerprint density at radius 3 is 1.71 bits per heavy atom. The highest BCUT2D eigenvalue weighted by Gasteiger charge is 2.38. The van der Waals surface area contributed by atoms with E-state index in [0.29, 0.717) is 28.6 Å². The van der Waals surface area contributed by atoms with Crippen molar-refractivity contribution < 1.29 is 19.1 Å². The Morgan fingerprint density at radius 2 is 1.14 bits per heavy atom. The van der Waals surface area contributed by atoms with Crippen LogP contribution in [0.15, 0.2) is 197 Å². The minimum absolute atomic E-state index is 0.0540. The van der Waals surface area contributed by atoms with Crippen molar-refractivity contribution in [2.24, 2.45) is 0 Å². The van der Waals surface area contributed by atoms with E-state index in [2.05, 4.69) is 0 Å². The van der Waals surface area contributed by atoms with Gasteiger partial charge in [0.15, 0.2) is 0 Å². The van der Waals surface area contributed by atoms with Crippen molar-refractivity contribution in [2.75, 3.05) is 0 Å². The van der Waals surface area contributed by atoms with Gasteiger partial charge in [-0.05, 0) is 71.7 Å². The molecule has 244 valence electrons. The van der Waals surface area contributed by atoms with Crippen molar-refractivity contribution in [2.45, 2.75) is 6.92 Å². The van der Waals surface area contributed by atoms with E-state index >= 15 is 0 Å². The van der Waals surface area contributed by atoms with Crippen LogP contribution in [-0.2, 0) is 9.53 Å². The summed E-state index contributed by atoms with van der Waals surface area (Å²) in [6, 6.07) is 51.2. The normalized spacial score (nSPS) is 15.9. The Bertz CT molecular complexity index is 2380. The molecule has 0 saturated heterocycles. The standard InChI is InChI=1S/C47H32O4/c1-31-16-14-15-25-38(31)43-30-37(29-42(51-43)35-21-10-4-11-22-35)44(36-23-12-5-13-24-36)45-46(48)39(47(45)49)26-32-27-40(33-17-6-2-7-18-33)50-41(28-32)34-19-8-3-9-20-34/h2-30H,1H3/p+1. The lowest BCUT2D eigenvalue weighted by Gasteiger charge is -2.27. The van der Waals surface area contributed by atoms with E-state index < -0.39 is 0 Å². The molecule has 5 aromatic carbocycles. The van der Waals surface area contributed by atoms with E-state index in [1.165, 1.54) is 0 Å². The molecule has 0 saturated carbocycles. The Hall–Kier alpha value is -6.78. The van der Waals surface area contributed by atoms with Gasteiger partial charge in [-0.1, -0.05) is 121 Å². The van der Waals surface area contributed by atoms with Gasteiger partial charge in [-0.25, -0.2) is 4.42 Å². The number of ketones is 1. The van der Waals surface area contributed by atoms with Crippen molar-refractivity contribution in [1.82, 2.24) is 0 Å². The van der Waals surface area contributed by atoms with Gasteiger partial charge in [-0.3, -0.25) is 4.79 Å². The average Bonchev–Trinajstić information content (AvgIpc) is 3.20. The molecule has 2 aliphatic rings. The fraction of sp³-hybridized carbons (Fsp3) is 0.0213. The van der Waals surface area contributed by atoms with E-state index in [9.17, 15) is 9.90 Å². The summed E-state index contributed by atoms with van der Waals surface area (Å²) in [4.78, 5) is 14.3. The van der Waals surface area contributed by atoms with Crippen LogP contribution in [0.1, 0.15) is 27.8 Å². The maximum atomic E-state index is 14.3. The molecule has 1 aromatic heterocycles. The van der Waals surface area contributed by atoms with Crippen molar-refractivity contribution in [1.29, 1.82) is 0 Å². The lowest BCUT2D eigenvalue weighted by atomic mass is 9.77. The third-order valence-corrected chi connectivity index (χ3v) is 9.07. The van der Waals surface area contributed by atoms with Gasteiger partial charge >= 0.3 is 11.5 Å². The van der Waals surface area contributed by atoms with Gasteiger partial charge in [0.2, 0.25) is 5.78 Å². The molecule has 1 N–H and O–H groups in total. The number of ether oxygens (including phenoxy) is 1. The van der Waals surface area contributed by atoms with Crippen LogP contribution in [0.25, 0.3) is 45.8 Å². The van der Waals surface area contributed by atoms with Gasteiger partial charge in [-0.15, -0.1) is 0 Å². The number of aliphatic hydroxyl groups excluding tert-OH is 1. The van der Waals surface area contributed by atoms with Gasteiger partial charge in [-0.2, -0.15) is 0 Å². The molecule has 0 fully saturated rings. The molecule has 0 bridgehead atoms. The fourth-order valence-electron chi connectivity index (χ4n) is 6.48. The number of carbonyl (C=O) groups is 1. The van der Waals surface area contributed by atoms with Crippen molar-refractivity contribution in [3.8, 4) is 22.6 Å². The summed E-state index contributed by atoms with van der Waals surface area (Å²) in [5.74, 6) is 2.32. The second kappa shape index (κ2) is 13.6. The third-order valence-electron chi connectivity index (χ3n) is 9.07. The predicted molar refractivity (Wildman–Crippen MR) is 205 cm³/mol. The first kappa shape index (κ1) is 31.5. The number of allylic oxidation sites excluding steroid dienone is 6. The van der Waals surface area contributed by atoms with Crippen LogP contribution in [0.5, 0.6) is 0 Å². The molecular formula is C47H33O4+. The van der Waals surface area contributed by atoms with Crippen LogP contribution in [-0.4, -0.2) is 10.9 Å². The largest absolute Gasteiger partial charge is 0.506 e. The van der Waals surface area contributed by atoms with Crippen LogP contribution >= 0.6 is 0 Å². The molecule has 1 aliphatic heterocycles. The van der Waals surface area contributed by atoms with Gasteiger partial charge < -0.3 is 9.84 Å². The van der Waals surface area contributed by atoms with Crippen LogP contribution in [0.3, 0.4) is 0 Å². The molecule has 0 atom stereocenters. The number of Topliss-reactive ketones (excluding diaryl/α,β-unsaturated/α-hetero) is 1. The average molecular weight is 662 g/mol. The lowest BCUT2D eigenvalue weighted by Crippen LogP contribution is -2.24. The Morgan fingerprint density at radius 1 is 0.627 bits per heavy atom. The summed E-state index contributed by atoms with van der Waals surface area (Å²) >= 11 is 0. The number of aryl methyl sites for hydroxylation is 1. The van der Waals surface area contributed by atoms with Gasteiger partial charge in [0.25, 0.3) is 0 Å². The number of aliphatic hydroxyl groups is 1. The van der Waals surface area contributed by atoms with Crippen LogP contribution < -0.4 is 0 Å². The lowest BCUT2D eigenvalue weighted by molar-refractivity contribution is -0.113. The van der Waals surface area contributed by atoms with Crippen molar-refractivity contribution >= 4 is 29.0 Å². The molecule has 0 radical (unpaired) electrons. The molecule has 8 rings (SSSR count). The SMILES string of the molecule is Cc1ccccc1C1=C/C(=C(\C2=C(O)C(=Cc3cc(-c4ccccc4)[o+]c(-c4ccccc4)c3)C2=O)c2ccccc2)C=C(c2ccccc2)O1. The summed E-state index contributed by atoms with van der Waals surface area (Å²) in [5, 5.41) is 11.8. The molecular weight excluding hydrogens is 629 g/mol. The monoisotopic (exact) mass is 661 g/mol. The van der Waals surface area contributed by atoms with Gasteiger partial charge in [0.1, 0.15) is 17.3 Å². The van der Waals surface area contributed by atoms with Gasteiger partial charge in [0.05, 0.1) is 34.4 Å². The Kier molecular flexibility index (Phi) is 8.41. The van der Waals surface area contributed by atoms with Crippen LogP contribution in [0.4, 0.5) is 0 Å². The fourth-order valence-corrected chi connectivity index (χ4v) is 6.48. The van der Waals surface area contributed by atoms with Crippen LogP contribution in [0, 0.1) is 6.92 Å². The summed E-state index contributed by atoms with van der Waals surface area (Å²) < 4.78 is 12.9. The molecule has 2 heterocycles. The second-order valence-corrected chi connectivity index (χ2v) is 12.5. The van der Waals surface area contributed by atoms with Crippen molar-refractivity contribution in [3.05, 3.63) is 220 Å². The molecule has 51 heavy (non-hydrogen) atoms. The molecule has 4 nitrogen and oxygen atoms in total. The molecule has 6 aromatic rings. The highest BCUT2D eigenvalue weighted by atomic mass is 16.5. The number of benzene rings is 5. The van der Waals surface area contributed by atoms with Crippen LogP contribution in [0.2, 0.25) is 0 Å². The van der Waals surface area contributed by atoms with E-state index in [0.717, 1.165) is 44.5 Å². The highest BCUT2D eigenvalue weighted by Crippen LogP contribution is 2.44. The zero-order valence-electron chi connectivity index (χ0n) is 27.9. The van der Waals surface area contributed by atoms with E-state index in [1.54, 1.807) is 6.08 Å². The van der Waals surface area contributed by atoms with E-state index in [4.69, 9.17) is 9.15 Å². The van der Waals surface area contributed by atoms with Crippen molar-refractivity contribution in [3.63, 3.8) is 0 Å². The molecule has 4 heteroatoms. The Balaban J connectivity index is 1.30. The molecule has 0 unspecified atom stereocenters. The third kappa shape index (κ3) is 6.27. The number of rotatable bonds is 7. The zero-order chi connectivity index (χ0) is 34.7. The molecule has 1 aliphatic carbocycles. The summed E-state index contributed by atoms with van der Waals surface area (Å²) in [6.07, 6.45) is 5.65. The van der Waals surface area contributed by atoms with E-state index in [1.807, 2.05) is 177 Å². The predicted octanol–water partition coefficient (Wildman–Crippen LogP) is 11.5. The maximum absolute atomic E-state index is 14.3. The quantitative estimate of drug-likeness (QED) is 0.137. The topological polar surface area (TPSA) is 57.8 Å². The minimum Gasteiger partial charge on any atom is -0.506 e. The molecule has 0 spiro atoms. The summed E-state index contributed by atoms with van der Waals surface area (Å²) in [5.41, 5.74) is 8.16. The molecule has 0 amide bonds. The maximum Gasteiger partial charge on any atom is 0.361 e. The number of carbonyl (C=O) groups excluding carboxylic acids is 1. The Labute approximate surface area is 297 Å². The van der Waals surface area contributed by atoms with Gasteiger partial charge in [0, 0.05) is 16.7 Å². The second-order valence-electron chi connectivity index (χ2n) is 12.5. The summed E-state index contributed by atoms with van der Waals surface area (Å²) in [6.45, 7) is 2.05. The van der Waals surface area contributed by atoms with E-state index in [-0.39, 0.29) is 22.7 Å². The zero-order valence-corrected chi connectivity index (χ0v) is 27.9. The minimum atomic E-state index is -0.242. The number of hydrogen-bond donors (Lipinski definition) is 1. The number of hydrogen-bond acceptors (Lipinski definition) is 3. The first-order chi connectivity index (χ1) is 25.0. The first-order valence-electron chi connectivity index (χ1n) is 16.9. The highest BCUT2D eigenvalue weighted by molar-refractivity contribution is 6.30. The smallest absolute Gasteiger partial charge is 0.361 e. The first-order valence-corrected chi connectivity index (χ1v) is 16.9. The summed E-state index contributed by atoms with van der Waals surface area (Å²) in [7, 11) is 0.